The predicted molar refractivity (Wildman–Crippen MR) is 214 cm³/mol. The predicted octanol–water partition coefficient (Wildman–Crippen LogP) is -1.69. The summed E-state index contributed by atoms with van der Waals surface area (Å²) >= 11 is 0. The van der Waals surface area contributed by atoms with E-state index < -0.39 is 97.5 Å². The lowest BCUT2D eigenvalue weighted by Gasteiger charge is -2.59. The first-order valence-corrected chi connectivity index (χ1v) is 20.4. The number of anilines is 1. The molecule has 9 rings (SSSR count). The summed E-state index contributed by atoms with van der Waals surface area (Å²) in [4.78, 5) is 55.8. The van der Waals surface area contributed by atoms with Crippen molar-refractivity contribution in [3.8, 4) is 11.5 Å². The van der Waals surface area contributed by atoms with Gasteiger partial charge in [0, 0.05) is 52.8 Å². The Bertz CT molecular complexity index is 2340. The normalized spacial score (nSPS) is 33.3. The van der Waals surface area contributed by atoms with Crippen LogP contribution in [0.5, 0.6) is 11.5 Å². The number of hydrogen-bond acceptors (Lipinski definition) is 18. The van der Waals surface area contributed by atoms with Crippen molar-refractivity contribution in [3.63, 3.8) is 0 Å². The summed E-state index contributed by atoms with van der Waals surface area (Å²) in [6.07, 6.45) is -5.00. The minimum absolute atomic E-state index is 0.0309. The third-order valence-corrected chi connectivity index (χ3v) is 13.0. The number of carbonyl (C=O) groups excluding carboxylic acids is 4. The van der Waals surface area contributed by atoms with Gasteiger partial charge in [0.2, 0.25) is 12.2 Å². The molecule has 62 heavy (non-hydrogen) atoms. The average molecular weight is 858 g/mol. The Morgan fingerprint density at radius 1 is 1.03 bits per heavy atom. The third-order valence-electron chi connectivity index (χ3n) is 13.0. The fourth-order valence-corrected chi connectivity index (χ4v) is 9.73. The number of para-hydroxylation sites is 1. The molecule has 3 aromatic rings. The van der Waals surface area contributed by atoms with Gasteiger partial charge in [0.25, 0.3) is 0 Å². The number of allylic oxidation sites excluding steroid dienone is 1. The maximum Gasteiger partial charge on any atom is 0.242 e. The molecule has 2 aliphatic carbocycles. The van der Waals surface area contributed by atoms with E-state index in [0.717, 1.165) is 0 Å². The molecule has 4 heterocycles. The van der Waals surface area contributed by atoms with Crippen molar-refractivity contribution in [3.05, 3.63) is 99.8 Å². The highest BCUT2D eigenvalue weighted by atomic mass is 16.7. The first-order valence-electron chi connectivity index (χ1n) is 20.4. The highest BCUT2D eigenvalue weighted by Gasteiger charge is 2.69. The lowest BCUT2D eigenvalue weighted by atomic mass is 9.62. The molecule has 4 bridgehead atoms. The lowest BCUT2D eigenvalue weighted by molar-refractivity contribution is -0.381. The third kappa shape index (κ3) is 6.59. The van der Waals surface area contributed by atoms with Crippen LogP contribution in [-0.4, -0.2) is 135 Å². The van der Waals surface area contributed by atoms with E-state index in [2.05, 4.69) is 16.0 Å². The maximum atomic E-state index is 14.8. The first-order chi connectivity index (χ1) is 29.8. The maximum absolute atomic E-state index is 14.8. The van der Waals surface area contributed by atoms with Gasteiger partial charge in [0.05, 0.1) is 31.2 Å². The molecule has 1 saturated carbocycles. The zero-order valence-corrected chi connectivity index (χ0v) is 33.2. The van der Waals surface area contributed by atoms with Crippen LogP contribution in [0.25, 0.3) is 0 Å². The molecule has 11 atom stereocenters. The van der Waals surface area contributed by atoms with E-state index in [9.17, 15) is 49.8 Å². The second-order valence-corrected chi connectivity index (χ2v) is 16.5. The van der Waals surface area contributed by atoms with Crippen LogP contribution in [0.15, 0.2) is 60.9 Å². The number of ether oxygens (including phenoxy) is 4. The van der Waals surface area contributed by atoms with Gasteiger partial charge in [-0.15, -0.1) is 0 Å². The number of nitrogens with one attached hydrogen (secondary N) is 3. The number of rotatable bonds is 9. The number of benzene rings is 3. The second kappa shape index (κ2) is 16.1. The number of carbonyl (C=O) groups is 4. The lowest BCUT2D eigenvalue weighted by Crippen LogP contribution is -2.78. The number of nitrogens with two attached hydrogens (primary N) is 1. The minimum Gasteiger partial charge on any atom is -0.499 e. The van der Waals surface area contributed by atoms with Crippen LogP contribution in [0.3, 0.4) is 0 Å². The zero-order valence-electron chi connectivity index (χ0n) is 33.2. The average Bonchev–Trinajstić information content (AvgIpc) is 3.68. The summed E-state index contributed by atoms with van der Waals surface area (Å²) in [7, 11) is 0. The Morgan fingerprint density at radius 3 is 2.61 bits per heavy atom. The van der Waals surface area contributed by atoms with E-state index in [1.807, 2.05) is 11.0 Å². The number of fused-ring (bicyclic) bond motifs is 10. The fourth-order valence-electron chi connectivity index (χ4n) is 9.73. The molecule has 0 aromatic heterocycles. The molecule has 1 amide bonds. The van der Waals surface area contributed by atoms with Crippen LogP contribution in [0, 0.1) is 5.92 Å². The van der Waals surface area contributed by atoms with Gasteiger partial charge in [-0.05, 0) is 54.3 Å². The van der Waals surface area contributed by atoms with Crippen molar-refractivity contribution in [2.45, 2.75) is 86.1 Å². The Hall–Kier alpha value is -5.32. The highest BCUT2D eigenvalue weighted by Crippen LogP contribution is 2.53. The van der Waals surface area contributed by atoms with Gasteiger partial charge in [-0.25, -0.2) is 0 Å². The van der Waals surface area contributed by atoms with Crippen molar-refractivity contribution in [1.29, 1.82) is 0 Å². The van der Waals surface area contributed by atoms with Gasteiger partial charge in [-0.1, -0.05) is 24.3 Å². The van der Waals surface area contributed by atoms with E-state index in [-0.39, 0.29) is 77.8 Å². The summed E-state index contributed by atoms with van der Waals surface area (Å²) < 4.78 is 25.4. The molecule has 6 aliphatic rings. The Morgan fingerprint density at radius 2 is 1.84 bits per heavy atom. The molecule has 19 nitrogen and oxygen atoms in total. The SMILES string of the molecule is N[C@H]1NC(=O)[C@H]2NCN(c3ccccc3[C@@H]3/C=C/OC[C@@H]4O[C@H](Oc5c3cc3c(c5OC[C@H](O)CC=O)C(=O)c5cc(CO)ccc5C3=O)[C@]3(O)[C@@H](CO)CC[C@@]4(O)[C@H]3O)[C@@H]2N1. The molecule has 0 unspecified atom stereocenters. The number of nitrogens with zero attached hydrogens (tertiary/aromatic N) is 1. The number of hydrogen-bond donors (Lipinski definition) is 10. The first kappa shape index (κ1) is 42.0. The number of aldehydes is 1. The Labute approximate surface area is 354 Å². The molecule has 3 saturated heterocycles. The van der Waals surface area contributed by atoms with Gasteiger partial charge >= 0.3 is 0 Å². The molecule has 4 fully saturated rings. The van der Waals surface area contributed by atoms with E-state index in [0.29, 0.717) is 23.1 Å². The van der Waals surface area contributed by atoms with Crippen LogP contribution in [0.4, 0.5) is 5.69 Å². The molecule has 328 valence electrons. The largest absolute Gasteiger partial charge is 0.499 e. The summed E-state index contributed by atoms with van der Waals surface area (Å²) in [5, 5.41) is 76.7. The van der Waals surface area contributed by atoms with Gasteiger partial charge in [-0.3, -0.25) is 30.8 Å². The second-order valence-electron chi connectivity index (χ2n) is 16.5. The van der Waals surface area contributed by atoms with Gasteiger partial charge < -0.3 is 64.6 Å². The van der Waals surface area contributed by atoms with Gasteiger partial charge in [0.15, 0.2) is 28.7 Å². The van der Waals surface area contributed by atoms with Gasteiger partial charge in [0.1, 0.15) is 55.8 Å². The standard InChI is InChI=1S/C43H47N5O14/c44-41-46-37-32(38(55)47-41)45-19-48(37)29-4-2-1-3-24(29)23-9-12-59-18-30-42(57)10-7-21(16-51)43(58,39(42)56)40(61-30)62-35-27(23)14-28-31(36(35)60-17-22(52)8-11-49)34(54)26-13-20(15-50)5-6-25(26)33(28)53/h1-6,9,11-14,21-23,30,32,37,39-41,45-46,50-52,56-58H,7-8,10,15-19,44H2,(H,47,55)/b12-9+/t21-,22-,23+,30+,32+,37+,39-,40-,41-,42+,43+/m1/s1. The van der Waals surface area contributed by atoms with Crippen LogP contribution in [0.1, 0.15) is 73.7 Å². The van der Waals surface area contributed by atoms with Crippen molar-refractivity contribution in [1.82, 2.24) is 16.0 Å². The molecular formula is C43H47N5O14. The number of amides is 1. The van der Waals surface area contributed by atoms with Crippen LogP contribution in [0.2, 0.25) is 0 Å². The zero-order chi connectivity index (χ0) is 43.7. The van der Waals surface area contributed by atoms with E-state index in [1.165, 1.54) is 30.5 Å². The Balaban J connectivity index is 1.30. The molecule has 0 spiro atoms. The van der Waals surface area contributed by atoms with Crippen LogP contribution in [-0.2, 0) is 25.7 Å². The van der Waals surface area contributed by atoms with Gasteiger partial charge in [-0.2, -0.15) is 0 Å². The van der Waals surface area contributed by atoms with Crippen LogP contribution < -0.4 is 36.1 Å². The number of aliphatic hydroxyl groups excluding tert-OH is 4. The van der Waals surface area contributed by atoms with Crippen molar-refractivity contribution in [2.75, 3.05) is 31.4 Å². The summed E-state index contributed by atoms with van der Waals surface area (Å²) in [6, 6.07) is 12.2. The fraction of sp³-hybridized carbons (Fsp3) is 0.442. The van der Waals surface area contributed by atoms with Crippen LogP contribution >= 0.6 is 0 Å². The molecule has 3 aromatic carbocycles. The highest BCUT2D eigenvalue weighted by molar-refractivity contribution is 6.29. The quantitative estimate of drug-likeness (QED) is 0.0841. The summed E-state index contributed by atoms with van der Waals surface area (Å²) in [5.41, 5.74) is 2.76. The number of ketones is 2. The molecule has 19 heteroatoms. The summed E-state index contributed by atoms with van der Waals surface area (Å²) in [6.45, 7) is -1.84. The molecule has 4 aliphatic heterocycles. The monoisotopic (exact) mass is 857 g/mol. The van der Waals surface area contributed by atoms with E-state index >= 15 is 0 Å². The molecule has 0 radical (unpaired) electrons. The number of aliphatic hydroxyl groups is 6. The molecule has 11 N–H and O–H groups in total. The summed E-state index contributed by atoms with van der Waals surface area (Å²) in [5.74, 6) is -4.39. The minimum atomic E-state index is -2.49. The van der Waals surface area contributed by atoms with Crippen molar-refractivity contribution < 1.29 is 68.8 Å². The molecular weight excluding hydrogens is 810 g/mol. The van der Waals surface area contributed by atoms with Crippen molar-refractivity contribution in [2.24, 2.45) is 11.7 Å². The topological polar surface area (TPSA) is 292 Å². The smallest absolute Gasteiger partial charge is 0.242 e. The Kier molecular flexibility index (Phi) is 10.9. The van der Waals surface area contributed by atoms with E-state index in [4.69, 9.17) is 24.7 Å². The van der Waals surface area contributed by atoms with Crippen molar-refractivity contribution >= 4 is 29.4 Å². The van der Waals surface area contributed by atoms with E-state index in [1.54, 1.807) is 24.3 Å².